The van der Waals surface area contributed by atoms with Crippen molar-refractivity contribution in [3.05, 3.63) is 89.5 Å². The van der Waals surface area contributed by atoms with Crippen LogP contribution < -0.4 is 0 Å². The summed E-state index contributed by atoms with van der Waals surface area (Å²) >= 11 is 0. The van der Waals surface area contributed by atoms with E-state index in [1.54, 1.807) is 36.4 Å². The first kappa shape index (κ1) is 15.7. The van der Waals surface area contributed by atoms with Gasteiger partial charge in [0.05, 0.1) is 12.7 Å². The minimum Gasteiger partial charge on any atom is -0.465 e. The van der Waals surface area contributed by atoms with E-state index >= 15 is 0 Å². The number of hydrogen-bond acceptors (Lipinski definition) is 3. The van der Waals surface area contributed by atoms with Crippen LogP contribution >= 0.6 is 0 Å². The fourth-order valence-electron chi connectivity index (χ4n) is 2.55. The summed E-state index contributed by atoms with van der Waals surface area (Å²) in [7, 11) is 1.35. The van der Waals surface area contributed by atoms with Gasteiger partial charge in [0.1, 0.15) is 0 Å². The predicted octanol–water partition coefficient (Wildman–Crippen LogP) is 4.52. The van der Waals surface area contributed by atoms with Crippen LogP contribution in [0.15, 0.2) is 72.8 Å². The molecule has 0 atom stereocenters. The Morgan fingerprint density at radius 2 is 1.58 bits per heavy atom. The van der Waals surface area contributed by atoms with Crippen LogP contribution in [0.2, 0.25) is 0 Å². The fraction of sp³-hybridized carbons (Fsp3) is 0.0476. The van der Waals surface area contributed by atoms with E-state index in [4.69, 9.17) is 0 Å². The summed E-state index contributed by atoms with van der Waals surface area (Å²) in [6.07, 6.45) is 3.29. The van der Waals surface area contributed by atoms with E-state index in [-0.39, 0.29) is 11.8 Å². The SMILES string of the molecule is COC(=O)c1ccc(C=CC(=O)c2cccc3ccccc23)cc1. The van der Waals surface area contributed by atoms with Crippen LogP contribution in [0.4, 0.5) is 0 Å². The molecule has 3 aromatic rings. The van der Waals surface area contributed by atoms with Gasteiger partial charge in [0.15, 0.2) is 5.78 Å². The minimum atomic E-state index is -0.377. The summed E-state index contributed by atoms with van der Waals surface area (Å²) in [5.74, 6) is -0.429. The first-order valence-corrected chi connectivity index (χ1v) is 7.57. The molecule has 0 N–H and O–H groups in total. The highest BCUT2D eigenvalue weighted by molar-refractivity contribution is 6.14. The molecule has 24 heavy (non-hydrogen) atoms. The molecule has 0 radical (unpaired) electrons. The molecule has 0 aliphatic rings. The van der Waals surface area contributed by atoms with Gasteiger partial charge in [0.25, 0.3) is 0 Å². The van der Waals surface area contributed by atoms with Crippen LogP contribution in [0.25, 0.3) is 16.8 Å². The van der Waals surface area contributed by atoms with Crippen molar-refractivity contribution < 1.29 is 14.3 Å². The highest BCUT2D eigenvalue weighted by atomic mass is 16.5. The molecule has 118 valence electrons. The maximum absolute atomic E-state index is 12.5. The zero-order valence-corrected chi connectivity index (χ0v) is 13.2. The first-order chi connectivity index (χ1) is 11.7. The second kappa shape index (κ2) is 6.92. The summed E-state index contributed by atoms with van der Waals surface area (Å²) in [4.78, 5) is 23.9. The Morgan fingerprint density at radius 3 is 2.33 bits per heavy atom. The number of methoxy groups -OCH3 is 1. The van der Waals surface area contributed by atoms with Crippen molar-refractivity contribution in [2.24, 2.45) is 0 Å². The van der Waals surface area contributed by atoms with Gasteiger partial charge in [-0.1, -0.05) is 60.7 Å². The number of rotatable bonds is 4. The molecule has 0 aliphatic carbocycles. The molecule has 3 nitrogen and oxygen atoms in total. The lowest BCUT2D eigenvalue weighted by Crippen LogP contribution is -2.00. The fourth-order valence-corrected chi connectivity index (χ4v) is 2.55. The third-order valence-electron chi connectivity index (χ3n) is 3.81. The zero-order chi connectivity index (χ0) is 16.9. The average molecular weight is 316 g/mol. The molecule has 0 unspecified atom stereocenters. The van der Waals surface area contributed by atoms with E-state index in [9.17, 15) is 9.59 Å². The van der Waals surface area contributed by atoms with Crippen LogP contribution in [0, 0.1) is 0 Å². The Balaban J connectivity index is 1.83. The Kier molecular flexibility index (Phi) is 4.52. The van der Waals surface area contributed by atoms with Gasteiger partial charge in [-0.25, -0.2) is 4.79 Å². The largest absolute Gasteiger partial charge is 0.465 e. The number of carbonyl (C=O) groups excluding carboxylic acids is 2. The molecule has 0 bridgehead atoms. The summed E-state index contributed by atoms with van der Waals surface area (Å²) in [5.41, 5.74) is 2.00. The van der Waals surface area contributed by atoms with E-state index in [1.165, 1.54) is 7.11 Å². The standard InChI is InChI=1S/C21H16O3/c1-24-21(23)17-12-9-15(10-13-17)11-14-20(22)19-8-4-6-16-5-2-3-7-18(16)19/h2-14H,1H3. The van der Waals surface area contributed by atoms with Crippen molar-refractivity contribution >= 4 is 28.6 Å². The lowest BCUT2D eigenvalue weighted by Gasteiger charge is -2.03. The van der Waals surface area contributed by atoms with E-state index in [0.29, 0.717) is 11.1 Å². The number of esters is 1. The number of allylic oxidation sites excluding steroid dienone is 1. The summed E-state index contributed by atoms with van der Waals surface area (Å²) in [6.45, 7) is 0. The maximum Gasteiger partial charge on any atom is 0.337 e. The Morgan fingerprint density at radius 1 is 0.875 bits per heavy atom. The van der Waals surface area contributed by atoms with Crippen LogP contribution in [-0.4, -0.2) is 18.9 Å². The second-order valence-electron chi connectivity index (χ2n) is 5.34. The molecule has 3 rings (SSSR count). The molecule has 0 saturated heterocycles. The monoisotopic (exact) mass is 316 g/mol. The Bertz CT molecular complexity index is 916. The summed E-state index contributed by atoms with van der Waals surface area (Å²) < 4.78 is 4.66. The quantitative estimate of drug-likeness (QED) is 0.404. The van der Waals surface area contributed by atoms with Gasteiger partial charge in [0.2, 0.25) is 0 Å². The van der Waals surface area contributed by atoms with Gasteiger partial charge >= 0.3 is 5.97 Å². The van der Waals surface area contributed by atoms with Crippen LogP contribution in [0.3, 0.4) is 0 Å². The molecule has 0 heterocycles. The second-order valence-corrected chi connectivity index (χ2v) is 5.34. The van der Waals surface area contributed by atoms with Crippen LogP contribution in [0.1, 0.15) is 26.3 Å². The van der Waals surface area contributed by atoms with Gasteiger partial charge in [-0.2, -0.15) is 0 Å². The van der Waals surface area contributed by atoms with Gasteiger partial charge in [-0.3, -0.25) is 4.79 Å². The lowest BCUT2D eigenvalue weighted by atomic mass is 10.0. The smallest absolute Gasteiger partial charge is 0.337 e. The number of fused-ring (bicyclic) bond motifs is 1. The third kappa shape index (κ3) is 3.25. The first-order valence-electron chi connectivity index (χ1n) is 7.57. The maximum atomic E-state index is 12.5. The predicted molar refractivity (Wildman–Crippen MR) is 95.1 cm³/mol. The molecular weight excluding hydrogens is 300 g/mol. The number of carbonyl (C=O) groups is 2. The molecule has 0 spiro atoms. The van der Waals surface area contributed by atoms with Crippen molar-refractivity contribution in [3.63, 3.8) is 0 Å². The third-order valence-corrected chi connectivity index (χ3v) is 3.81. The van der Waals surface area contributed by atoms with Gasteiger partial charge in [-0.15, -0.1) is 0 Å². The highest BCUT2D eigenvalue weighted by Crippen LogP contribution is 2.19. The van der Waals surface area contributed by atoms with E-state index < -0.39 is 0 Å². The molecule has 0 aromatic heterocycles. The van der Waals surface area contributed by atoms with E-state index in [2.05, 4.69) is 4.74 Å². The Hall–Kier alpha value is -3.20. The average Bonchev–Trinajstić information content (AvgIpc) is 2.65. The highest BCUT2D eigenvalue weighted by Gasteiger charge is 2.07. The van der Waals surface area contributed by atoms with Crippen molar-refractivity contribution in [1.29, 1.82) is 0 Å². The molecule has 3 heteroatoms. The van der Waals surface area contributed by atoms with E-state index in [1.807, 2.05) is 42.5 Å². The molecule has 0 saturated carbocycles. The molecule has 0 aliphatic heterocycles. The summed E-state index contributed by atoms with van der Waals surface area (Å²) in [5, 5.41) is 1.98. The number of ketones is 1. The van der Waals surface area contributed by atoms with Crippen LogP contribution in [0.5, 0.6) is 0 Å². The van der Waals surface area contributed by atoms with Gasteiger partial charge in [0, 0.05) is 5.56 Å². The molecular formula is C21H16O3. The van der Waals surface area contributed by atoms with Crippen molar-refractivity contribution in [1.82, 2.24) is 0 Å². The lowest BCUT2D eigenvalue weighted by molar-refractivity contribution is 0.0600. The van der Waals surface area contributed by atoms with Crippen molar-refractivity contribution in [2.45, 2.75) is 0 Å². The molecule has 0 amide bonds. The van der Waals surface area contributed by atoms with Crippen molar-refractivity contribution in [2.75, 3.05) is 7.11 Å². The topological polar surface area (TPSA) is 43.4 Å². The van der Waals surface area contributed by atoms with Gasteiger partial charge in [-0.05, 0) is 34.5 Å². The van der Waals surface area contributed by atoms with Crippen molar-refractivity contribution in [3.8, 4) is 0 Å². The Labute approximate surface area is 140 Å². The number of hydrogen-bond donors (Lipinski definition) is 0. The number of benzene rings is 3. The van der Waals surface area contributed by atoms with E-state index in [0.717, 1.165) is 16.3 Å². The molecule has 3 aromatic carbocycles. The molecule has 0 fully saturated rings. The number of ether oxygens (including phenoxy) is 1. The zero-order valence-electron chi connectivity index (χ0n) is 13.2. The summed E-state index contributed by atoms with van der Waals surface area (Å²) in [6, 6.07) is 20.4. The van der Waals surface area contributed by atoms with Crippen LogP contribution in [-0.2, 0) is 4.74 Å². The minimum absolute atomic E-state index is 0.0520. The van der Waals surface area contributed by atoms with Gasteiger partial charge < -0.3 is 4.74 Å². The normalized spacial score (nSPS) is 10.9.